The molecule has 1 amide bonds. The summed E-state index contributed by atoms with van der Waals surface area (Å²) < 4.78 is 6.89. The molecular formula is C23H24N4O3. The minimum absolute atomic E-state index is 0.244. The number of aryl methyl sites for hydroxylation is 1. The molecule has 0 bridgehead atoms. The predicted molar refractivity (Wildman–Crippen MR) is 113 cm³/mol. The third kappa shape index (κ3) is 4.25. The van der Waals surface area contributed by atoms with Gasteiger partial charge in [-0.05, 0) is 61.4 Å². The molecule has 3 aromatic rings. The molecule has 7 heteroatoms. The lowest BCUT2D eigenvalue weighted by molar-refractivity contribution is 0.0600. The summed E-state index contributed by atoms with van der Waals surface area (Å²) in [6.45, 7) is 0.942. The van der Waals surface area contributed by atoms with E-state index in [0.717, 1.165) is 43.0 Å². The number of carbonyl (C=O) groups is 2. The molecule has 4 rings (SSSR count). The van der Waals surface area contributed by atoms with Gasteiger partial charge in [-0.2, -0.15) is 0 Å². The Bertz CT molecular complexity index is 1040. The first-order valence-electron chi connectivity index (χ1n) is 10.2. The maximum atomic E-state index is 12.5. The van der Waals surface area contributed by atoms with Crippen LogP contribution in [-0.2, 0) is 17.7 Å². The van der Waals surface area contributed by atoms with Crippen LogP contribution in [0.3, 0.4) is 0 Å². The molecule has 1 aliphatic rings. The zero-order chi connectivity index (χ0) is 20.9. The highest BCUT2D eigenvalue weighted by atomic mass is 16.5. The number of nitrogens with one attached hydrogen (secondary N) is 1. The van der Waals surface area contributed by atoms with Crippen LogP contribution in [0.1, 0.15) is 52.2 Å². The first kappa shape index (κ1) is 19.8. The van der Waals surface area contributed by atoms with Crippen molar-refractivity contribution in [2.45, 2.75) is 38.6 Å². The lowest BCUT2D eigenvalue weighted by atomic mass is 10.1. The van der Waals surface area contributed by atoms with Crippen LogP contribution in [0.4, 0.5) is 5.69 Å². The van der Waals surface area contributed by atoms with Crippen LogP contribution < -0.4 is 5.32 Å². The number of anilines is 1. The Morgan fingerprint density at radius 3 is 2.33 bits per heavy atom. The Balaban J connectivity index is 1.46. The van der Waals surface area contributed by atoms with Crippen LogP contribution in [0.5, 0.6) is 0 Å². The van der Waals surface area contributed by atoms with Crippen molar-refractivity contribution in [3.8, 4) is 11.4 Å². The maximum absolute atomic E-state index is 12.5. The van der Waals surface area contributed by atoms with E-state index < -0.39 is 5.97 Å². The van der Waals surface area contributed by atoms with Crippen LogP contribution in [-0.4, -0.2) is 33.8 Å². The number of nitrogens with zero attached hydrogens (tertiary/aromatic N) is 3. The third-order valence-electron chi connectivity index (χ3n) is 5.33. The number of amides is 1. The van der Waals surface area contributed by atoms with Crippen LogP contribution in [0.15, 0.2) is 48.5 Å². The van der Waals surface area contributed by atoms with E-state index in [2.05, 4.69) is 24.8 Å². The first-order chi connectivity index (χ1) is 14.7. The SMILES string of the molecule is COC(=O)c1ccc(C(=O)Nc2ccc(-c3nnc4n3CCCCCC4)cc2)cc1. The Hall–Kier alpha value is -3.48. The summed E-state index contributed by atoms with van der Waals surface area (Å²) in [5, 5.41) is 11.7. The molecule has 0 saturated carbocycles. The highest BCUT2D eigenvalue weighted by Crippen LogP contribution is 2.24. The highest BCUT2D eigenvalue weighted by molar-refractivity contribution is 6.04. The van der Waals surface area contributed by atoms with Gasteiger partial charge in [0.15, 0.2) is 5.82 Å². The minimum atomic E-state index is -0.431. The Morgan fingerprint density at radius 1 is 0.900 bits per heavy atom. The average Bonchev–Trinajstić information content (AvgIpc) is 3.15. The number of fused-ring (bicyclic) bond motifs is 1. The normalized spacial score (nSPS) is 13.6. The van der Waals surface area contributed by atoms with Crippen molar-refractivity contribution in [3.63, 3.8) is 0 Å². The number of methoxy groups -OCH3 is 1. The maximum Gasteiger partial charge on any atom is 0.337 e. The van der Waals surface area contributed by atoms with Gasteiger partial charge in [0.2, 0.25) is 0 Å². The summed E-state index contributed by atoms with van der Waals surface area (Å²) in [5.74, 6) is 1.26. The fourth-order valence-electron chi connectivity index (χ4n) is 3.66. The van der Waals surface area contributed by atoms with E-state index in [1.165, 1.54) is 20.0 Å². The zero-order valence-electron chi connectivity index (χ0n) is 16.9. The third-order valence-corrected chi connectivity index (χ3v) is 5.33. The van der Waals surface area contributed by atoms with Gasteiger partial charge < -0.3 is 14.6 Å². The second-order valence-electron chi connectivity index (χ2n) is 7.36. The fourth-order valence-corrected chi connectivity index (χ4v) is 3.66. The van der Waals surface area contributed by atoms with Gasteiger partial charge in [0.05, 0.1) is 12.7 Å². The summed E-state index contributed by atoms with van der Waals surface area (Å²) in [5.41, 5.74) is 2.54. The number of carbonyl (C=O) groups excluding carboxylic acids is 2. The van der Waals surface area contributed by atoms with Gasteiger partial charge in [0.25, 0.3) is 5.91 Å². The molecule has 154 valence electrons. The molecule has 0 saturated heterocycles. The van der Waals surface area contributed by atoms with Crippen LogP contribution >= 0.6 is 0 Å². The Labute approximate surface area is 175 Å². The Morgan fingerprint density at radius 2 is 1.60 bits per heavy atom. The second kappa shape index (κ2) is 8.90. The standard InChI is InChI=1S/C23H24N4O3/c1-30-23(29)18-9-7-17(8-10-18)22(28)24-19-13-11-16(12-14-19)21-26-25-20-6-4-2-3-5-15-27(20)21/h7-14H,2-6,15H2,1H3,(H,24,28). The van der Waals surface area contributed by atoms with Gasteiger partial charge in [0, 0.05) is 29.8 Å². The van der Waals surface area contributed by atoms with E-state index in [0.29, 0.717) is 16.8 Å². The minimum Gasteiger partial charge on any atom is -0.465 e. The molecular weight excluding hydrogens is 380 g/mol. The van der Waals surface area contributed by atoms with E-state index in [1.807, 2.05) is 24.3 Å². The molecule has 0 unspecified atom stereocenters. The molecule has 2 heterocycles. The monoisotopic (exact) mass is 404 g/mol. The van der Waals surface area contributed by atoms with E-state index in [9.17, 15) is 9.59 Å². The summed E-state index contributed by atoms with van der Waals surface area (Å²) in [6, 6.07) is 14.0. The van der Waals surface area contributed by atoms with Crippen LogP contribution in [0.25, 0.3) is 11.4 Å². The number of esters is 1. The van der Waals surface area contributed by atoms with Gasteiger partial charge in [-0.3, -0.25) is 4.79 Å². The van der Waals surface area contributed by atoms with Gasteiger partial charge in [-0.25, -0.2) is 4.79 Å². The van der Waals surface area contributed by atoms with Crippen molar-refractivity contribution >= 4 is 17.6 Å². The average molecular weight is 404 g/mol. The van der Waals surface area contributed by atoms with Crippen LogP contribution in [0.2, 0.25) is 0 Å². The van der Waals surface area contributed by atoms with E-state index in [1.54, 1.807) is 24.3 Å². The lowest BCUT2D eigenvalue weighted by Crippen LogP contribution is -2.12. The lowest BCUT2D eigenvalue weighted by Gasteiger charge is -2.13. The van der Waals surface area contributed by atoms with Gasteiger partial charge in [-0.15, -0.1) is 10.2 Å². The quantitative estimate of drug-likeness (QED) is 0.662. The number of hydrogen-bond donors (Lipinski definition) is 1. The van der Waals surface area contributed by atoms with Gasteiger partial charge >= 0.3 is 5.97 Å². The van der Waals surface area contributed by atoms with Gasteiger partial charge in [0.1, 0.15) is 5.82 Å². The highest BCUT2D eigenvalue weighted by Gasteiger charge is 2.15. The summed E-state index contributed by atoms with van der Waals surface area (Å²) in [7, 11) is 1.32. The summed E-state index contributed by atoms with van der Waals surface area (Å²) in [6.07, 6.45) is 5.76. The largest absolute Gasteiger partial charge is 0.465 e. The fraction of sp³-hybridized carbons (Fsp3) is 0.304. The van der Waals surface area contributed by atoms with Crippen LogP contribution in [0, 0.1) is 0 Å². The number of rotatable bonds is 4. The summed E-state index contributed by atoms with van der Waals surface area (Å²) in [4.78, 5) is 24.0. The van der Waals surface area contributed by atoms with Crippen molar-refractivity contribution < 1.29 is 14.3 Å². The second-order valence-corrected chi connectivity index (χ2v) is 7.36. The molecule has 1 aromatic heterocycles. The van der Waals surface area contributed by atoms with Crippen molar-refractivity contribution in [1.29, 1.82) is 0 Å². The smallest absolute Gasteiger partial charge is 0.337 e. The number of ether oxygens (including phenoxy) is 1. The molecule has 1 N–H and O–H groups in total. The van der Waals surface area contributed by atoms with Crippen molar-refractivity contribution in [3.05, 3.63) is 65.5 Å². The molecule has 1 aliphatic heterocycles. The van der Waals surface area contributed by atoms with E-state index >= 15 is 0 Å². The molecule has 0 aliphatic carbocycles. The van der Waals surface area contributed by atoms with Crippen molar-refractivity contribution in [2.24, 2.45) is 0 Å². The van der Waals surface area contributed by atoms with Gasteiger partial charge in [-0.1, -0.05) is 12.8 Å². The zero-order valence-corrected chi connectivity index (χ0v) is 16.9. The molecule has 2 aromatic carbocycles. The van der Waals surface area contributed by atoms with E-state index in [4.69, 9.17) is 0 Å². The first-order valence-corrected chi connectivity index (χ1v) is 10.2. The molecule has 0 spiro atoms. The topological polar surface area (TPSA) is 86.1 Å². The van der Waals surface area contributed by atoms with Crippen molar-refractivity contribution in [2.75, 3.05) is 12.4 Å². The molecule has 30 heavy (non-hydrogen) atoms. The molecule has 7 nitrogen and oxygen atoms in total. The molecule has 0 fully saturated rings. The van der Waals surface area contributed by atoms with Crippen molar-refractivity contribution in [1.82, 2.24) is 14.8 Å². The Kier molecular flexibility index (Phi) is 5.88. The molecule has 0 atom stereocenters. The summed E-state index contributed by atoms with van der Waals surface area (Å²) >= 11 is 0. The number of benzene rings is 2. The van der Waals surface area contributed by atoms with E-state index in [-0.39, 0.29) is 5.91 Å². The predicted octanol–water partition coefficient (Wildman–Crippen LogP) is 4.10. The number of hydrogen-bond acceptors (Lipinski definition) is 5. The molecule has 0 radical (unpaired) electrons. The number of aromatic nitrogens is 3.